The van der Waals surface area contributed by atoms with Crippen LogP contribution >= 0.6 is 0 Å². The van der Waals surface area contributed by atoms with Crippen molar-refractivity contribution in [2.45, 2.75) is 30.8 Å². The van der Waals surface area contributed by atoms with E-state index in [4.69, 9.17) is 5.11 Å². The zero-order chi connectivity index (χ0) is 14.1. The smallest absolute Gasteiger partial charge is 0.305 e. The van der Waals surface area contributed by atoms with Crippen LogP contribution in [0.4, 0.5) is 0 Å². The van der Waals surface area contributed by atoms with E-state index in [1.807, 2.05) is 0 Å². The monoisotopic (exact) mass is 291 g/mol. The molecule has 2 rings (SSSR count). The molecule has 0 aliphatic carbocycles. The average molecular weight is 291 g/mol. The summed E-state index contributed by atoms with van der Waals surface area (Å²) >= 11 is 0. The molecule has 8 heteroatoms. The normalized spacial score (nSPS) is 24.9. The maximum absolute atomic E-state index is 11.4. The number of aliphatic carboxylic acids is 1. The number of piperidine rings is 1. The van der Waals surface area contributed by atoms with Gasteiger partial charge in [-0.25, -0.2) is 12.7 Å². The van der Waals surface area contributed by atoms with Crippen molar-refractivity contribution in [3.05, 3.63) is 0 Å². The average Bonchev–Trinajstić information content (AvgIpc) is 2.25. The molecule has 2 heterocycles. The summed E-state index contributed by atoms with van der Waals surface area (Å²) in [6.07, 6.45) is 2.79. The molecule has 0 saturated carbocycles. The molecule has 110 valence electrons. The number of rotatable bonds is 5. The molecule has 0 aromatic rings. The largest absolute Gasteiger partial charge is 0.481 e. The molecular weight excluding hydrogens is 270 g/mol. The second-order valence-corrected chi connectivity index (χ2v) is 7.52. The summed E-state index contributed by atoms with van der Waals surface area (Å²) in [5, 5.41) is 15.4. The highest BCUT2D eigenvalue weighted by Gasteiger charge is 2.41. The molecule has 19 heavy (non-hydrogen) atoms. The van der Waals surface area contributed by atoms with Crippen LogP contribution in [0.1, 0.15) is 19.3 Å². The molecule has 7 nitrogen and oxygen atoms in total. The molecule has 0 aromatic heterocycles. The van der Waals surface area contributed by atoms with Crippen molar-refractivity contribution in [1.29, 1.82) is 0 Å². The Labute approximate surface area is 113 Å². The van der Waals surface area contributed by atoms with Crippen molar-refractivity contribution in [1.82, 2.24) is 14.9 Å². The number of carboxylic acids is 1. The van der Waals surface area contributed by atoms with E-state index in [0.717, 1.165) is 12.8 Å². The summed E-state index contributed by atoms with van der Waals surface area (Å²) in [4.78, 5) is 10.9. The first-order valence-electron chi connectivity index (χ1n) is 6.46. The summed E-state index contributed by atoms with van der Waals surface area (Å²) in [5.74, 6) is -0.803. The number of hydrogen-bond donors (Lipinski definition) is 3. The van der Waals surface area contributed by atoms with E-state index >= 15 is 0 Å². The minimum atomic E-state index is -3.10. The van der Waals surface area contributed by atoms with Crippen LogP contribution in [-0.2, 0) is 14.8 Å². The number of sulfonamides is 1. The third-order valence-corrected chi connectivity index (χ3v) is 5.15. The summed E-state index contributed by atoms with van der Waals surface area (Å²) in [7, 11) is -3.10. The van der Waals surface area contributed by atoms with Gasteiger partial charge in [0.15, 0.2) is 0 Å². The minimum absolute atomic E-state index is 0.103. The lowest BCUT2D eigenvalue weighted by molar-refractivity contribution is -0.139. The van der Waals surface area contributed by atoms with Gasteiger partial charge in [0.2, 0.25) is 10.0 Å². The molecule has 2 aliphatic heterocycles. The van der Waals surface area contributed by atoms with Gasteiger partial charge in [-0.15, -0.1) is 0 Å². The summed E-state index contributed by atoms with van der Waals surface area (Å²) in [5.41, 5.74) is -0.357. The van der Waals surface area contributed by atoms with Gasteiger partial charge in [-0.1, -0.05) is 0 Å². The van der Waals surface area contributed by atoms with Crippen LogP contribution in [0.5, 0.6) is 0 Å². The molecule has 0 aromatic carbocycles. The van der Waals surface area contributed by atoms with Crippen molar-refractivity contribution >= 4 is 16.0 Å². The van der Waals surface area contributed by atoms with Gasteiger partial charge < -0.3 is 15.7 Å². The van der Waals surface area contributed by atoms with Crippen molar-refractivity contribution < 1.29 is 18.3 Å². The molecule has 0 atom stereocenters. The Bertz CT molecular complexity index is 439. The first-order valence-corrected chi connectivity index (χ1v) is 8.31. The summed E-state index contributed by atoms with van der Waals surface area (Å²) in [6.45, 7) is 2.33. The Balaban J connectivity index is 1.87. The van der Waals surface area contributed by atoms with Gasteiger partial charge in [0.05, 0.1) is 18.2 Å². The molecule has 0 radical (unpaired) electrons. The van der Waals surface area contributed by atoms with E-state index in [0.29, 0.717) is 26.2 Å². The molecule has 0 unspecified atom stereocenters. The predicted octanol–water partition coefficient (Wildman–Crippen LogP) is -1.18. The molecule has 0 bridgehead atoms. The fourth-order valence-electron chi connectivity index (χ4n) is 2.76. The van der Waals surface area contributed by atoms with Gasteiger partial charge in [-0.3, -0.25) is 4.79 Å². The Morgan fingerprint density at radius 2 is 2.00 bits per heavy atom. The van der Waals surface area contributed by atoms with Crippen LogP contribution in [0.2, 0.25) is 0 Å². The standard InChI is InChI=1S/C11H21N3O4S/c1-19(17,18)14-4-2-9(3-5-14)13-11(6-10(15)16)7-12-8-11/h9,12-13H,2-8H2,1H3,(H,15,16). The number of carboxylic acid groups (broad SMARTS) is 1. The highest BCUT2D eigenvalue weighted by molar-refractivity contribution is 7.88. The molecular formula is C11H21N3O4S. The van der Waals surface area contributed by atoms with Crippen LogP contribution < -0.4 is 10.6 Å². The number of nitrogens with zero attached hydrogens (tertiary/aromatic N) is 1. The summed E-state index contributed by atoms with van der Waals surface area (Å²) in [6, 6.07) is 0.194. The van der Waals surface area contributed by atoms with Gasteiger partial charge in [0.1, 0.15) is 0 Å². The van der Waals surface area contributed by atoms with Crippen LogP contribution in [0.25, 0.3) is 0 Å². The molecule has 2 fully saturated rings. The van der Waals surface area contributed by atoms with Crippen LogP contribution in [0, 0.1) is 0 Å². The molecule has 2 saturated heterocycles. The lowest BCUT2D eigenvalue weighted by Gasteiger charge is -2.46. The van der Waals surface area contributed by atoms with E-state index in [-0.39, 0.29) is 18.0 Å². The van der Waals surface area contributed by atoms with Gasteiger partial charge >= 0.3 is 5.97 Å². The van der Waals surface area contributed by atoms with E-state index in [1.165, 1.54) is 10.6 Å². The maximum atomic E-state index is 11.4. The summed E-state index contributed by atoms with van der Waals surface area (Å²) < 4.78 is 24.3. The molecule has 0 spiro atoms. The third kappa shape index (κ3) is 3.65. The van der Waals surface area contributed by atoms with Crippen molar-refractivity contribution in [2.75, 3.05) is 32.4 Å². The van der Waals surface area contributed by atoms with Crippen LogP contribution in [0.3, 0.4) is 0 Å². The highest BCUT2D eigenvalue weighted by atomic mass is 32.2. The fourth-order valence-corrected chi connectivity index (χ4v) is 3.63. The van der Waals surface area contributed by atoms with Crippen LogP contribution in [-0.4, -0.2) is 67.8 Å². The fraction of sp³-hybridized carbons (Fsp3) is 0.909. The van der Waals surface area contributed by atoms with Crippen molar-refractivity contribution in [2.24, 2.45) is 0 Å². The SMILES string of the molecule is CS(=O)(=O)N1CCC(NC2(CC(=O)O)CNC2)CC1. The van der Waals surface area contributed by atoms with Crippen molar-refractivity contribution in [3.63, 3.8) is 0 Å². The number of nitrogens with one attached hydrogen (secondary N) is 2. The van der Waals surface area contributed by atoms with E-state index in [2.05, 4.69) is 10.6 Å². The predicted molar refractivity (Wildman–Crippen MR) is 70.4 cm³/mol. The quantitative estimate of drug-likeness (QED) is 0.589. The number of carbonyl (C=O) groups is 1. The Morgan fingerprint density at radius 1 is 1.42 bits per heavy atom. The lowest BCUT2D eigenvalue weighted by atomic mass is 9.86. The van der Waals surface area contributed by atoms with E-state index < -0.39 is 16.0 Å². The minimum Gasteiger partial charge on any atom is -0.481 e. The van der Waals surface area contributed by atoms with Gasteiger partial charge in [0.25, 0.3) is 0 Å². The zero-order valence-electron chi connectivity index (χ0n) is 11.1. The Kier molecular flexibility index (Phi) is 4.14. The van der Waals surface area contributed by atoms with Gasteiger partial charge in [-0.2, -0.15) is 0 Å². The lowest BCUT2D eigenvalue weighted by Crippen LogP contribution is -2.71. The van der Waals surface area contributed by atoms with Crippen LogP contribution in [0.15, 0.2) is 0 Å². The van der Waals surface area contributed by atoms with Gasteiger partial charge in [0, 0.05) is 32.2 Å². The Morgan fingerprint density at radius 3 is 2.37 bits per heavy atom. The van der Waals surface area contributed by atoms with E-state index in [9.17, 15) is 13.2 Å². The maximum Gasteiger partial charge on any atom is 0.305 e. The zero-order valence-corrected chi connectivity index (χ0v) is 11.9. The topological polar surface area (TPSA) is 98.7 Å². The van der Waals surface area contributed by atoms with E-state index in [1.54, 1.807) is 0 Å². The van der Waals surface area contributed by atoms with Gasteiger partial charge in [-0.05, 0) is 12.8 Å². The first kappa shape index (κ1) is 14.7. The Hall–Kier alpha value is -0.700. The molecule has 2 aliphatic rings. The molecule has 0 amide bonds. The van der Waals surface area contributed by atoms with Crippen molar-refractivity contribution in [3.8, 4) is 0 Å². The second-order valence-electron chi connectivity index (χ2n) is 5.54. The second kappa shape index (κ2) is 5.35. The third-order valence-electron chi connectivity index (χ3n) is 3.85. The first-order chi connectivity index (χ1) is 8.81. The number of hydrogen-bond acceptors (Lipinski definition) is 5. The molecule has 3 N–H and O–H groups in total. The highest BCUT2D eigenvalue weighted by Crippen LogP contribution is 2.21.